The van der Waals surface area contributed by atoms with E-state index in [1.54, 1.807) is 18.4 Å². The second-order valence-corrected chi connectivity index (χ2v) is 8.05. The van der Waals surface area contributed by atoms with Crippen molar-refractivity contribution in [1.29, 1.82) is 0 Å². The second kappa shape index (κ2) is 10.0. The van der Waals surface area contributed by atoms with E-state index in [1.165, 1.54) is 9.75 Å². The number of aliphatic hydroxyl groups is 1. The first-order chi connectivity index (χ1) is 11.6. The van der Waals surface area contributed by atoms with Crippen LogP contribution in [0.4, 0.5) is 4.79 Å². The molecule has 0 spiro atoms. The molecule has 2 rings (SSSR count). The lowest BCUT2D eigenvalue weighted by molar-refractivity contribution is 0.142. The molecule has 0 unspecified atom stereocenters. The number of ether oxygens (including phenoxy) is 1. The van der Waals surface area contributed by atoms with Crippen LogP contribution >= 0.6 is 11.3 Å². The average molecular weight is 355 g/mol. The Kier molecular flexibility index (Phi) is 8.02. The summed E-state index contributed by atoms with van der Waals surface area (Å²) in [6, 6.07) is 4.16. The van der Waals surface area contributed by atoms with Gasteiger partial charge in [0, 0.05) is 36.6 Å². The van der Waals surface area contributed by atoms with E-state index >= 15 is 0 Å². The monoisotopic (exact) mass is 354 g/mol. The third-order valence-electron chi connectivity index (χ3n) is 4.76. The molecule has 6 heteroatoms. The number of aryl methyl sites for hydroxylation is 1. The summed E-state index contributed by atoms with van der Waals surface area (Å²) in [5.41, 5.74) is 0. The van der Waals surface area contributed by atoms with Crippen LogP contribution in [0.5, 0.6) is 0 Å². The molecule has 0 radical (unpaired) electrons. The molecule has 0 saturated heterocycles. The van der Waals surface area contributed by atoms with E-state index in [9.17, 15) is 9.90 Å². The van der Waals surface area contributed by atoms with Crippen molar-refractivity contribution in [2.45, 2.75) is 39.2 Å². The van der Waals surface area contributed by atoms with Gasteiger partial charge in [-0.15, -0.1) is 11.3 Å². The van der Waals surface area contributed by atoms with Crippen LogP contribution in [0.2, 0.25) is 0 Å². The van der Waals surface area contributed by atoms with Crippen molar-refractivity contribution >= 4 is 17.4 Å². The van der Waals surface area contributed by atoms with E-state index in [-0.39, 0.29) is 6.03 Å². The lowest BCUT2D eigenvalue weighted by Gasteiger charge is -2.29. The number of carbonyl (C=O) groups excluding carboxylic acids is 1. The van der Waals surface area contributed by atoms with E-state index in [2.05, 4.69) is 24.4 Å². The Hall–Kier alpha value is -1.11. The van der Waals surface area contributed by atoms with Crippen LogP contribution < -0.4 is 5.32 Å². The lowest BCUT2D eigenvalue weighted by Crippen LogP contribution is -2.43. The molecule has 0 bridgehead atoms. The minimum Gasteiger partial charge on any atom is -0.396 e. The molecule has 5 nitrogen and oxygen atoms in total. The van der Waals surface area contributed by atoms with Gasteiger partial charge in [-0.05, 0) is 56.6 Å². The first-order valence-corrected chi connectivity index (χ1v) is 9.62. The van der Waals surface area contributed by atoms with Gasteiger partial charge in [-0.1, -0.05) is 0 Å². The van der Waals surface area contributed by atoms with Gasteiger partial charge in [0.05, 0.1) is 13.2 Å². The Morgan fingerprint density at radius 3 is 2.62 bits per heavy atom. The Labute approximate surface area is 149 Å². The van der Waals surface area contributed by atoms with Gasteiger partial charge >= 0.3 is 6.03 Å². The second-order valence-electron chi connectivity index (χ2n) is 6.68. The van der Waals surface area contributed by atoms with E-state index in [0.29, 0.717) is 38.1 Å². The van der Waals surface area contributed by atoms with Crippen LogP contribution in [0.3, 0.4) is 0 Å². The van der Waals surface area contributed by atoms with E-state index in [4.69, 9.17) is 4.74 Å². The number of hydrogen-bond donors (Lipinski definition) is 2. The topological polar surface area (TPSA) is 61.8 Å². The predicted octanol–water partition coefficient (Wildman–Crippen LogP) is 3.01. The number of nitrogens with zero attached hydrogens (tertiary/aromatic N) is 1. The lowest BCUT2D eigenvalue weighted by atomic mass is 9.82. The summed E-state index contributed by atoms with van der Waals surface area (Å²) < 4.78 is 5.14. The number of hydrogen-bond acceptors (Lipinski definition) is 4. The first-order valence-electron chi connectivity index (χ1n) is 8.80. The van der Waals surface area contributed by atoms with Crippen molar-refractivity contribution in [3.8, 4) is 0 Å². The maximum Gasteiger partial charge on any atom is 0.317 e. The average Bonchev–Trinajstić information content (AvgIpc) is 3.01. The van der Waals surface area contributed by atoms with Gasteiger partial charge in [0.15, 0.2) is 0 Å². The van der Waals surface area contributed by atoms with Crippen molar-refractivity contribution in [1.82, 2.24) is 10.2 Å². The van der Waals surface area contributed by atoms with E-state index in [0.717, 1.165) is 32.2 Å². The summed E-state index contributed by atoms with van der Waals surface area (Å²) in [4.78, 5) is 16.8. The Balaban J connectivity index is 1.81. The zero-order valence-corrected chi connectivity index (χ0v) is 15.6. The summed E-state index contributed by atoms with van der Waals surface area (Å²) in [7, 11) is 1.66. The highest BCUT2D eigenvalue weighted by atomic mass is 32.1. The Morgan fingerprint density at radius 2 is 2.04 bits per heavy atom. The zero-order chi connectivity index (χ0) is 17.4. The van der Waals surface area contributed by atoms with Crippen LogP contribution in [0.25, 0.3) is 0 Å². The standard InChI is InChI=1S/C18H30N2O3S/c1-14-3-8-17(24-14)12-20(9-10-23-2)18(22)19-11-15-4-6-16(13-21)7-5-15/h3,8,15-16,21H,4-7,9-13H2,1-2H3,(H,19,22). The van der Waals surface area contributed by atoms with Crippen LogP contribution in [0, 0.1) is 18.8 Å². The van der Waals surface area contributed by atoms with Crippen LogP contribution in [0.15, 0.2) is 12.1 Å². The molecular weight excluding hydrogens is 324 g/mol. The van der Waals surface area contributed by atoms with Gasteiger partial charge in [-0.2, -0.15) is 0 Å². The van der Waals surface area contributed by atoms with Crippen molar-refractivity contribution in [2.24, 2.45) is 11.8 Å². The van der Waals surface area contributed by atoms with Crippen molar-refractivity contribution < 1.29 is 14.6 Å². The van der Waals surface area contributed by atoms with Gasteiger partial charge < -0.3 is 20.1 Å². The normalized spacial score (nSPS) is 20.8. The Morgan fingerprint density at radius 1 is 1.33 bits per heavy atom. The first kappa shape index (κ1) is 19.2. The molecular formula is C18H30N2O3S. The molecule has 1 fully saturated rings. The SMILES string of the molecule is COCCN(Cc1ccc(C)s1)C(=O)NCC1CCC(CO)CC1. The fourth-order valence-electron chi connectivity index (χ4n) is 3.17. The summed E-state index contributed by atoms with van der Waals surface area (Å²) in [5, 5.41) is 12.3. The van der Waals surface area contributed by atoms with Crippen molar-refractivity contribution in [3.63, 3.8) is 0 Å². The summed E-state index contributed by atoms with van der Waals surface area (Å²) in [5.74, 6) is 0.988. The Bertz CT molecular complexity index is 498. The summed E-state index contributed by atoms with van der Waals surface area (Å²) in [6.07, 6.45) is 4.32. The fraction of sp³-hybridized carbons (Fsp3) is 0.722. The van der Waals surface area contributed by atoms with Gasteiger partial charge in [0.1, 0.15) is 0 Å². The number of carbonyl (C=O) groups is 1. The van der Waals surface area contributed by atoms with Gasteiger partial charge in [-0.25, -0.2) is 4.79 Å². The predicted molar refractivity (Wildman–Crippen MR) is 97.3 cm³/mol. The molecule has 24 heavy (non-hydrogen) atoms. The molecule has 1 aromatic rings. The molecule has 1 aromatic heterocycles. The summed E-state index contributed by atoms with van der Waals surface area (Å²) in [6.45, 7) is 4.87. The smallest absolute Gasteiger partial charge is 0.317 e. The van der Waals surface area contributed by atoms with Crippen LogP contribution in [0.1, 0.15) is 35.4 Å². The highest BCUT2D eigenvalue weighted by Gasteiger charge is 2.22. The molecule has 1 heterocycles. The zero-order valence-electron chi connectivity index (χ0n) is 14.8. The maximum atomic E-state index is 12.5. The molecule has 0 aliphatic heterocycles. The van der Waals surface area contributed by atoms with E-state index < -0.39 is 0 Å². The molecule has 0 atom stereocenters. The number of nitrogens with one attached hydrogen (secondary N) is 1. The molecule has 1 saturated carbocycles. The summed E-state index contributed by atoms with van der Waals surface area (Å²) >= 11 is 1.73. The van der Waals surface area contributed by atoms with Crippen molar-refractivity contribution in [3.05, 3.63) is 21.9 Å². The molecule has 136 valence electrons. The highest BCUT2D eigenvalue weighted by Crippen LogP contribution is 2.27. The van der Waals surface area contributed by atoms with Crippen LogP contribution in [-0.4, -0.2) is 49.5 Å². The number of aliphatic hydroxyl groups excluding tert-OH is 1. The molecule has 1 aliphatic carbocycles. The highest BCUT2D eigenvalue weighted by molar-refractivity contribution is 7.11. The number of rotatable bonds is 8. The van der Waals surface area contributed by atoms with Gasteiger partial charge in [0.25, 0.3) is 0 Å². The number of thiophene rings is 1. The number of amides is 2. The molecule has 2 amide bonds. The largest absolute Gasteiger partial charge is 0.396 e. The van der Waals surface area contributed by atoms with Crippen LogP contribution in [-0.2, 0) is 11.3 Å². The minimum atomic E-state index is -0.0117. The molecule has 0 aromatic carbocycles. The van der Waals surface area contributed by atoms with Gasteiger partial charge in [0.2, 0.25) is 0 Å². The van der Waals surface area contributed by atoms with E-state index in [1.807, 2.05) is 4.90 Å². The third-order valence-corrected chi connectivity index (χ3v) is 5.75. The van der Waals surface area contributed by atoms with Gasteiger partial charge in [-0.3, -0.25) is 0 Å². The molecule has 2 N–H and O–H groups in total. The number of methoxy groups -OCH3 is 1. The maximum absolute atomic E-state index is 12.5. The minimum absolute atomic E-state index is 0.0117. The van der Waals surface area contributed by atoms with Crippen molar-refractivity contribution in [2.75, 3.05) is 33.4 Å². The third kappa shape index (κ3) is 6.07. The number of urea groups is 1. The molecule has 1 aliphatic rings. The quantitative estimate of drug-likeness (QED) is 0.754. The fourth-order valence-corrected chi connectivity index (χ4v) is 4.08.